The number of hydrogen-bond acceptors (Lipinski definition) is 1. The first-order valence-corrected chi connectivity index (χ1v) is 4.34. The summed E-state index contributed by atoms with van der Waals surface area (Å²) in [4.78, 5) is 10.5. The van der Waals surface area contributed by atoms with Gasteiger partial charge < -0.3 is 5.11 Å². The molecule has 0 aliphatic rings. The predicted octanol–water partition coefficient (Wildman–Crippen LogP) is 2.53. The van der Waals surface area contributed by atoms with Crippen LogP contribution < -0.4 is 0 Å². The van der Waals surface area contributed by atoms with Crippen LogP contribution in [0.1, 0.15) is 40.0 Å². The molecule has 1 unspecified atom stereocenters. The van der Waals surface area contributed by atoms with Gasteiger partial charge in [0.15, 0.2) is 0 Å². The quantitative estimate of drug-likeness (QED) is 0.667. The Morgan fingerprint density at radius 2 is 1.82 bits per heavy atom. The fourth-order valence-corrected chi connectivity index (χ4v) is 1.22. The number of aliphatic carboxylic acids is 1. The fraction of sp³-hybridized carbons (Fsp3) is 0.889. The molecule has 0 amide bonds. The van der Waals surface area contributed by atoms with E-state index in [-0.39, 0.29) is 5.92 Å². The summed E-state index contributed by atoms with van der Waals surface area (Å²) < 4.78 is 0. The smallest absolute Gasteiger partial charge is 0.306 e. The lowest BCUT2D eigenvalue weighted by Gasteiger charge is -2.14. The maximum atomic E-state index is 10.5. The van der Waals surface area contributed by atoms with Crippen molar-refractivity contribution in [2.45, 2.75) is 40.0 Å². The molecule has 0 heterocycles. The summed E-state index contributed by atoms with van der Waals surface area (Å²) in [5, 5.41) is 8.62. The summed E-state index contributed by atoms with van der Waals surface area (Å²) in [5.41, 5.74) is 0. The van der Waals surface area contributed by atoms with Crippen molar-refractivity contribution >= 4 is 5.97 Å². The zero-order chi connectivity index (χ0) is 8.85. The van der Waals surface area contributed by atoms with Gasteiger partial charge in [0.25, 0.3) is 0 Å². The zero-order valence-electron chi connectivity index (χ0n) is 7.63. The molecular weight excluding hydrogens is 140 g/mol. The Hall–Kier alpha value is -0.530. The van der Waals surface area contributed by atoms with Gasteiger partial charge in [0.1, 0.15) is 0 Å². The highest BCUT2D eigenvalue weighted by atomic mass is 16.4. The molecule has 1 N–H and O–H groups in total. The Balaban J connectivity index is 3.71. The van der Waals surface area contributed by atoms with Crippen LogP contribution >= 0.6 is 0 Å². The first-order chi connectivity index (χ1) is 5.11. The van der Waals surface area contributed by atoms with Gasteiger partial charge in [-0.2, -0.15) is 0 Å². The Labute approximate surface area is 68.6 Å². The largest absolute Gasteiger partial charge is 0.481 e. The Kier molecular flexibility index (Phi) is 4.92. The molecule has 0 bridgehead atoms. The minimum atomic E-state index is -0.670. The highest BCUT2D eigenvalue weighted by Gasteiger charge is 2.15. The first kappa shape index (κ1) is 10.5. The Bertz CT molecular complexity index is 117. The number of carboxylic acids is 1. The van der Waals surface area contributed by atoms with E-state index in [1.807, 2.05) is 0 Å². The van der Waals surface area contributed by atoms with Gasteiger partial charge in [-0.05, 0) is 12.3 Å². The number of rotatable bonds is 5. The van der Waals surface area contributed by atoms with E-state index in [1.165, 1.54) is 0 Å². The highest BCUT2D eigenvalue weighted by molar-refractivity contribution is 5.69. The molecule has 0 saturated carbocycles. The van der Waals surface area contributed by atoms with E-state index in [0.717, 1.165) is 19.3 Å². The third-order valence-corrected chi connectivity index (χ3v) is 2.26. The zero-order valence-corrected chi connectivity index (χ0v) is 7.63. The molecule has 11 heavy (non-hydrogen) atoms. The highest BCUT2D eigenvalue weighted by Crippen LogP contribution is 2.18. The van der Waals surface area contributed by atoms with Gasteiger partial charge in [0.05, 0.1) is 5.92 Å². The van der Waals surface area contributed by atoms with Crippen LogP contribution in [0.25, 0.3) is 0 Å². The first-order valence-electron chi connectivity index (χ1n) is 4.34. The van der Waals surface area contributed by atoms with Crippen molar-refractivity contribution in [1.29, 1.82) is 0 Å². The Morgan fingerprint density at radius 3 is 2.09 bits per heavy atom. The average molecular weight is 158 g/mol. The molecular formula is C9H18O2. The molecule has 0 aromatic carbocycles. The van der Waals surface area contributed by atoms with Gasteiger partial charge in [-0.25, -0.2) is 0 Å². The predicted molar refractivity (Wildman–Crippen MR) is 45.5 cm³/mol. The molecule has 2 heteroatoms. The standard InChI is InChI=1S/C9H18O2/c1-4-8(5-2)6-7(3)9(10)11/h7-8H,4-6H2,1-3H3,(H,10,11). The van der Waals surface area contributed by atoms with E-state index >= 15 is 0 Å². The summed E-state index contributed by atoms with van der Waals surface area (Å²) >= 11 is 0. The van der Waals surface area contributed by atoms with Crippen molar-refractivity contribution in [1.82, 2.24) is 0 Å². The molecule has 0 spiro atoms. The summed E-state index contributed by atoms with van der Waals surface area (Å²) in [6.45, 7) is 6.01. The number of hydrogen-bond donors (Lipinski definition) is 1. The van der Waals surface area contributed by atoms with Gasteiger partial charge in [0.2, 0.25) is 0 Å². The lowest BCUT2D eigenvalue weighted by Crippen LogP contribution is -2.13. The molecule has 0 saturated heterocycles. The lowest BCUT2D eigenvalue weighted by molar-refractivity contribution is -0.141. The van der Waals surface area contributed by atoms with Crippen LogP contribution in [0, 0.1) is 11.8 Å². The lowest BCUT2D eigenvalue weighted by atomic mass is 9.92. The van der Waals surface area contributed by atoms with E-state index in [1.54, 1.807) is 6.92 Å². The molecule has 0 rings (SSSR count). The maximum absolute atomic E-state index is 10.5. The molecule has 0 aromatic rings. The van der Waals surface area contributed by atoms with Crippen molar-refractivity contribution < 1.29 is 9.90 Å². The van der Waals surface area contributed by atoms with Crippen molar-refractivity contribution in [3.8, 4) is 0 Å². The fourth-order valence-electron chi connectivity index (χ4n) is 1.22. The second-order valence-corrected chi connectivity index (χ2v) is 3.16. The van der Waals surface area contributed by atoms with Gasteiger partial charge in [0, 0.05) is 0 Å². The summed E-state index contributed by atoms with van der Waals surface area (Å²) in [6, 6.07) is 0. The molecule has 2 nitrogen and oxygen atoms in total. The van der Waals surface area contributed by atoms with Crippen LogP contribution in [0.5, 0.6) is 0 Å². The summed E-state index contributed by atoms with van der Waals surface area (Å²) in [7, 11) is 0. The molecule has 1 atom stereocenters. The molecule has 0 aliphatic heterocycles. The molecule has 0 aromatic heterocycles. The minimum absolute atomic E-state index is 0.181. The van der Waals surface area contributed by atoms with Gasteiger partial charge in [-0.1, -0.05) is 33.6 Å². The average Bonchev–Trinajstić information content (AvgIpc) is 1.99. The molecule has 0 radical (unpaired) electrons. The summed E-state index contributed by atoms with van der Waals surface area (Å²) in [5.74, 6) is -0.266. The third kappa shape index (κ3) is 4.02. The third-order valence-electron chi connectivity index (χ3n) is 2.26. The topological polar surface area (TPSA) is 37.3 Å². The van der Waals surface area contributed by atoms with Crippen LogP contribution in [-0.2, 0) is 4.79 Å². The van der Waals surface area contributed by atoms with E-state index in [9.17, 15) is 4.79 Å². The van der Waals surface area contributed by atoms with Crippen LogP contribution in [0.4, 0.5) is 0 Å². The second kappa shape index (κ2) is 5.16. The maximum Gasteiger partial charge on any atom is 0.306 e. The van der Waals surface area contributed by atoms with E-state index in [4.69, 9.17) is 5.11 Å². The van der Waals surface area contributed by atoms with Crippen molar-refractivity contribution in [3.05, 3.63) is 0 Å². The minimum Gasteiger partial charge on any atom is -0.481 e. The van der Waals surface area contributed by atoms with Gasteiger partial charge in [-0.3, -0.25) is 4.79 Å². The molecule has 66 valence electrons. The number of carboxylic acid groups (broad SMARTS) is 1. The number of carbonyl (C=O) groups is 1. The van der Waals surface area contributed by atoms with Crippen molar-refractivity contribution in [3.63, 3.8) is 0 Å². The van der Waals surface area contributed by atoms with E-state index in [2.05, 4.69) is 13.8 Å². The summed E-state index contributed by atoms with van der Waals surface area (Å²) in [6.07, 6.45) is 3.00. The van der Waals surface area contributed by atoms with E-state index in [0.29, 0.717) is 5.92 Å². The van der Waals surface area contributed by atoms with Crippen molar-refractivity contribution in [2.75, 3.05) is 0 Å². The molecule has 0 fully saturated rings. The van der Waals surface area contributed by atoms with Crippen LogP contribution in [0.3, 0.4) is 0 Å². The van der Waals surface area contributed by atoms with Crippen LogP contribution in [0.2, 0.25) is 0 Å². The van der Waals surface area contributed by atoms with E-state index < -0.39 is 5.97 Å². The van der Waals surface area contributed by atoms with Crippen molar-refractivity contribution in [2.24, 2.45) is 11.8 Å². The molecule has 0 aliphatic carbocycles. The monoisotopic (exact) mass is 158 g/mol. The van der Waals surface area contributed by atoms with Gasteiger partial charge in [-0.15, -0.1) is 0 Å². The van der Waals surface area contributed by atoms with Gasteiger partial charge >= 0.3 is 5.97 Å². The Morgan fingerprint density at radius 1 is 1.36 bits per heavy atom. The van der Waals surface area contributed by atoms with Crippen LogP contribution in [-0.4, -0.2) is 11.1 Å². The normalized spacial score (nSPS) is 13.5. The van der Waals surface area contributed by atoms with Crippen LogP contribution in [0.15, 0.2) is 0 Å². The SMILES string of the molecule is CCC(CC)CC(C)C(=O)O. The second-order valence-electron chi connectivity index (χ2n) is 3.16.